The van der Waals surface area contributed by atoms with Crippen LogP contribution < -0.4 is 24.8 Å². The molecule has 28 heavy (non-hydrogen) atoms. The Bertz CT molecular complexity index is 1100. The first kappa shape index (κ1) is 22.6. The van der Waals surface area contributed by atoms with Crippen molar-refractivity contribution in [2.75, 3.05) is 0 Å². The van der Waals surface area contributed by atoms with Crippen LogP contribution >= 0.6 is 0 Å². The van der Waals surface area contributed by atoms with Gasteiger partial charge in [-0.15, -0.1) is 33.7 Å². The summed E-state index contributed by atoms with van der Waals surface area (Å²) in [5.41, 5.74) is 2.74. The van der Waals surface area contributed by atoms with Gasteiger partial charge in [0.15, 0.2) is 0 Å². The summed E-state index contributed by atoms with van der Waals surface area (Å²) in [7, 11) is 0. The quantitative estimate of drug-likeness (QED) is 0.362. The average molecular weight is 482 g/mol. The number of rotatable bonds is 2. The van der Waals surface area contributed by atoms with Gasteiger partial charge in [-0.05, 0) is 5.92 Å². The van der Waals surface area contributed by atoms with Gasteiger partial charge in [-0.25, -0.2) is 0 Å². The van der Waals surface area contributed by atoms with Gasteiger partial charge in [-0.3, -0.25) is 0 Å². The molecular weight excluding hydrogens is 462 g/mol. The Morgan fingerprint density at radius 3 is 2.04 bits per heavy atom. The van der Waals surface area contributed by atoms with Crippen molar-refractivity contribution in [3.8, 4) is 0 Å². The van der Waals surface area contributed by atoms with E-state index in [9.17, 15) is 0 Å². The predicted molar refractivity (Wildman–Crippen MR) is 110 cm³/mol. The molecule has 0 spiro atoms. The first-order chi connectivity index (χ1) is 12.9. The third-order valence-electron chi connectivity index (χ3n) is 4.76. The van der Waals surface area contributed by atoms with Crippen molar-refractivity contribution in [2.45, 2.75) is 5.92 Å². The normalized spacial score (nSPS) is 12.2. The third-order valence-corrected chi connectivity index (χ3v) is 5.58. The molecule has 0 aliphatic heterocycles. The zero-order valence-corrected chi connectivity index (χ0v) is 19.2. The van der Waals surface area contributed by atoms with Crippen LogP contribution in [0.25, 0.3) is 21.5 Å². The van der Waals surface area contributed by atoms with Crippen LogP contribution in [0.5, 0.6) is 0 Å². The molecule has 0 saturated heterocycles. The number of fused-ring (bicyclic) bond motifs is 3. The standard InChI is InChI=1S/C18H13.C7H6.2ClH.Zr/c1-2-7-13(6-1)15-10-5-11-17-16-9-4-3-8-14(16)12-18(15)17;1-7-5-3-2-4-6-7;;;/h1-13H;1-6H;2*1H;/q-1;;;;+2/p-2. The summed E-state index contributed by atoms with van der Waals surface area (Å²) >= 11 is 1.46. The van der Waals surface area contributed by atoms with Crippen LogP contribution in [-0.4, -0.2) is 3.71 Å². The minimum absolute atomic E-state index is 0. The summed E-state index contributed by atoms with van der Waals surface area (Å²) in [6, 6.07) is 27.9. The van der Waals surface area contributed by atoms with Crippen molar-refractivity contribution in [1.29, 1.82) is 0 Å². The summed E-state index contributed by atoms with van der Waals surface area (Å²) in [6.45, 7) is 0. The third kappa shape index (κ3) is 4.84. The molecule has 0 amide bonds. The molecule has 0 radical (unpaired) electrons. The zero-order chi connectivity index (χ0) is 17.8. The summed E-state index contributed by atoms with van der Waals surface area (Å²) in [4.78, 5) is 0. The second kappa shape index (κ2) is 10.8. The van der Waals surface area contributed by atoms with E-state index in [0.29, 0.717) is 5.92 Å². The van der Waals surface area contributed by atoms with Crippen LogP contribution in [0.1, 0.15) is 17.0 Å². The van der Waals surface area contributed by atoms with E-state index in [1.165, 1.54) is 56.9 Å². The first-order valence-corrected chi connectivity index (χ1v) is 10.3. The van der Waals surface area contributed by atoms with Gasteiger partial charge in [0.2, 0.25) is 0 Å². The fourth-order valence-electron chi connectivity index (χ4n) is 3.48. The number of halogens is 2. The second-order valence-electron chi connectivity index (χ2n) is 6.39. The SMILES string of the molecule is C1=CC(c2cccc3c2[cH-]c2ccccc23)C=C1.[Cl-].[Cl-].[Zr+2]=[CH]c1ccccc1. The molecule has 5 rings (SSSR count). The average Bonchev–Trinajstić information content (AvgIpc) is 3.37. The molecule has 0 atom stereocenters. The van der Waals surface area contributed by atoms with E-state index >= 15 is 0 Å². The molecule has 0 saturated carbocycles. The Kier molecular flexibility index (Phi) is 8.70. The van der Waals surface area contributed by atoms with Crippen LogP contribution in [0.2, 0.25) is 0 Å². The Hall–Kier alpha value is -1.66. The van der Waals surface area contributed by atoms with Gasteiger partial charge in [0.1, 0.15) is 0 Å². The van der Waals surface area contributed by atoms with Gasteiger partial charge in [-0.2, -0.15) is 0 Å². The summed E-state index contributed by atoms with van der Waals surface area (Å²) in [5.74, 6) is 0.436. The number of hydrogen-bond acceptors (Lipinski definition) is 0. The Balaban J connectivity index is 0.000000242. The van der Waals surface area contributed by atoms with Gasteiger partial charge in [0, 0.05) is 0 Å². The molecular formula is C25H19Cl2Zr-. The molecule has 0 nitrogen and oxygen atoms in total. The first-order valence-electron chi connectivity index (χ1n) is 8.84. The van der Waals surface area contributed by atoms with Gasteiger partial charge in [0.05, 0.1) is 0 Å². The van der Waals surface area contributed by atoms with Gasteiger partial charge in [0.25, 0.3) is 0 Å². The van der Waals surface area contributed by atoms with Crippen LogP contribution in [0.15, 0.2) is 103 Å². The van der Waals surface area contributed by atoms with Crippen molar-refractivity contribution in [3.05, 3.63) is 114 Å². The fourth-order valence-corrected chi connectivity index (χ4v) is 3.95. The summed E-state index contributed by atoms with van der Waals surface area (Å²) in [5, 5.41) is 5.46. The van der Waals surface area contributed by atoms with Gasteiger partial charge < -0.3 is 24.8 Å². The summed E-state index contributed by atoms with van der Waals surface area (Å²) in [6.07, 6.45) is 8.77. The van der Waals surface area contributed by atoms with Crippen molar-refractivity contribution in [1.82, 2.24) is 0 Å². The monoisotopic (exact) mass is 479 g/mol. The molecule has 0 heterocycles. The zero-order valence-electron chi connectivity index (χ0n) is 15.2. The van der Waals surface area contributed by atoms with Crippen LogP contribution in [0.4, 0.5) is 0 Å². The van der Waals surface area contributed by atoms with Crippen molar-refractivity contribution in [3.63, 3.8) is 0 Å². The van der Waals surface area contributed by atoms with Crippen LogP contribution in [0.3, 0.4) is 0 Å². The molecule has 1 aliphatic carbocycles. The van der Waals surface area contributed by atoms with Gasteiger partial charge in [-0.1, -0.05) is 66.3 Å². The molecule has 0 unspecified atom stereocenters. The summed E-state index contributed by atoms with van der Waals surface area (Å²) < 4.78 is 2.17. The minimum atomic E-state index is 0. The van der Waals surface area contributed by atoms with Crippen LogP contribution in [0, 0.1) is 0 Å². The molecule has 0 fully saturated rings. The Labute approximate surface area is 193 Å². The van der Waals surface area contributed by atoms with E-state index in [4.69, 9.17) is 0 Å². The number of allylic oxidation sites excluding steroid dienone is 4. The molecule has 4 aromatic carbocycles. The van der Waals surface area contributed by atoms with E-state index in [1.807, 2.05) is 6.07 Å². The molecule has 3 heteroatoms. The van der Waals surface area contributed by atoms with Crippen molar-refractivity contribution < 1.29 is 49.0 Å². The second-order valence-corrected chi connectivity index (χ2v) is 7.10. The maximum absolute atomic E-state index is 2.32. The molecule has 138 valence electrons. The molecule has 4 aromatic rings. The van der Waals surface area contributed by atoms with E-state index in [1.54, 1.807) is 0 Å². The van der Waals surface area contributed by atoms with E-state index in [-0.39, 0.29) is 24.8 Å². The van der Waals surface area contributed by atoms with Crippen LogP contribution in [-0.2, 0) is 24.2 Å². The van der Waals surface area contributed by atoms with Crippen molar-refractivity contribution in [2.24, 2.45) is 0 Å². The van der Waals surface area contributed by atoms with Gasteiger partial charge >= 0.3 is 63.8 Å². The van der Waals surface area contributed by atoms with Crippen molar-refractivity contribution >= 4 is 25.3 Å². The maximum atomic E-state index is 2.32. The fraction of sp³-hybridized carbons (Fsp3) is 0.0400. The predicted octanol–water partition coefficient (Wildman–Crippen LogP) is 0.313. The van der Waals surface area contributed by atoms with E-state index < -0.39 is 0 Å². The van der Waals surface area contributed by atoms with E-state index in [0.717, 1.165) is 0 Å². The molecule has 0 N–H and O–H groups in total. The Morgan fingerprint density at radius 1 is 0.714 bits per heavy atom. The molecule has 1 aliphatic rings. The number of hydrogen-bond donors (Lipinski definition) is 0. The molecule has 0 bridgehead atoms. The Morgan fingerprint density at radius 2 is 1.36 bits per heavy atom. The number of benzene rings is 3. The molecule has 0 aromatic heterocycles. The topological polar surface area (TPSA) is 0 Å². The van der Waals surface area contributed by atoms with E-state index in [2.05, 4.69) is 101 Å².